The van der Waals surface area contributed by atoms with Crippen LogP contribution in [0.5, 0.6) is 0 Å². The van der Waals surface area contributed by atoms with E-state index in [1.807, 2.05) is 12.3 Å². The molecule has 0 aromatic carbocycles. The van der Waals surface area contributed by atoms with E-state index in [4.69, 9.17) is 16.7 Å². The maximum absolute atomic E-state index is 12.1. The van der Waals surface area contributed by atoms with Crippen LogP contribution in [0.2, 0.25) is 5.02 Å². The van der Waals surface area contributed by atoms with Crippen LogP contribution in [-0.4, -0.2) is 35.0 Å². The molecule has 0 saturated carbocycles. The van der Waals surface area contributed by atoms with E-state index in [-0.39, 0.29) is 12.5 Å². The van der Waals surface area contributed by atoms with Gasteiger partial charge in [0, 0.05) is 13.1 Å². The number of hydrogen-bond acceptors (Lipinski definition) is 3. The minimum absolute atomic E-state index is 0.156. The second-order valence-electron chi connectivity index (χ2n) is 4.14. The number of carbonyl (C=O) groups is 2. The highest BCUT2D eigenvalue weighted by molar-refractivity contribution is 7.13. The number of carbonyl (C=O) groups excluding carboxylic acids is 1. The number of carboxylic acids is 1. The van der Waals surface area contributed by atoms with Crippen LogP contribution in [0, 0.1) is 12.8 Å². The van der Waals surface area contributed by atoms with Crippen LogP contribution in [0.3, 0.4) is 0 Å². The van der Waals surface area contributed by atoms with Gasteiger partial charge in [0.1, 0.15) is 4.88 Å². The summed E-state index contributed by atoms with van der Waals surface area (Å²) in [5.41, 5.74) is 0.883. The molecular weight excluding hydrogens is 262 g/mol. The van der Waals surface area contributed by atoms with Gasteiger partial charge in [0.15, 0.2) is 0 Å². The van der Waals surface area contributed by atoms with Crippen molar-refractivity contribution in [1.82, 2.24) is 4.90 Å². The van der Waals surface area contributed by atoms with Gasteiger partial charge in [0.25, 0.3) is 5.91 Å². The van der Waals surface area contributed by atoms with Crippen molar-refractivity contribution in [3.63, 3.8) is 0 Å². The monoisotopic (exact) mass is 273 g/mol. The number of carboxylic acid groups (broad SMARTS) is 1. The van der Waals surface area contributed by atoms with Gasteiger partial charge in [-0.1, -0.05) is 11.6 Å². The highest BCUT2D eigenvalue weighted by Crippen LogP contribution is 2.30. The molecule has 0 spiro atoms. The van der Waals surface area contributed by atoms with Gasteiger partial charge in [0.2, 0.25) is 0 Å². The number of aryl methyl sites for hydroxylation is 1. The predicted molar refractivity (Wildman–Crippen MR) is 65.7 cm³/mol. The Labute approximate surface area is 108 Å². The lowest BCUT2D eigenvalue weighted by Crippen LogP contribution is -2.29. The van der Waals surface area contributed by atoms with Crippen LogP contribution in [0.4, 0.5) is 0 Å². The third kappa shape index (κ3) is 2.30. The fourth-order valence-corrected chi connectivity index (χ4v) is 3.10. The number of hydrogen-bond donors (Lipinski definition) is 1. The lowest BCUT2D eigenvalue weighted by molar-refractivity contribution is -0.141. The second kappa shape index (κ2) is 4.66. The molecule has 1 aromatic rings. The van der Waals surface area contributed by atoms with E-state index >= 15 is 0 Å². The Hall–Kier alpha value is -1.07. The van der Waals surface area contributed by atoms with Gasteiger partial charge >= 0.3 is 5.97 Å². The van der Waals surface area contributed by atoms with Crippen LogP contribution in [-0.2, 0) is 4.79 Å². The van der Waals surface area contributed by atoms with Crippen LogP contribution in [0.25, 0.3) is 0 Å². The lowest BCUT2D eigenvalue weighted by Gasteiger charge is -2.14. The molecule has 1 aliphatic rings. The molecule has 1 amide bonds. The fourth-order valence-electron chi connectivity index (χ4n) is 1.86. The quantitative estimate of drug-likeness (QED) is 0.899. The Kier molecular flexibility index (Phi) is 3.40. The van der Waals surface area contributed by atoms with Crippen molar-refractivity contribution in [2.75, 3.05) is 13.1 Å². The molecule has 1 saturated heterocycles. The summed E-state index contributed by atoms with van der Waals surface area (Å²) in [6.45, 7) is 2.62. The van der Waals surface area contributed by atoms with Gasteiger partial charge in [-0.15, -0.1) is 11.3 Å². The SMILES string of the molecule is Cc1csc(C(=O)N2CCC(C(=O)O)C2)c1Cl. The van der Waals surface area contributed by atoms with Crippen molar-refractivity contribution >= 4 is 34.8 Å². The highest BCUT2D eigenvalue weighted by Gasteiger charge is 2.32. The maximum atomic E-state index is 12.1. The Morgan fingerprint density at radius 3 is 2.76 bits per heavy atom. The summed E-state index contributed by atoms with van der Waals surface area (Å²) in [6, 6.07) is 0. The van der Waals surface area contributed by atoms with Gasteiger partial charge in [-0.05, 0) is 24.3 Å². The standard InChI is InChI=1S/C11H12ClNO3S/c1-6-5-17-9(8(6)12)10(14)13-3-2-7(4-13)11(15)16/h5,7H,2-4H2,1H3,(H,15,16). The van der Waals surface area contributed by atoms with E-state index < -0.39 is 11.9 Å². The Bertz CT molecular complexity index is 471. The number of rotatable bonds is 2. The predicted octanol–water partition coefficient (Wildman–Crippen LogP) is 2.26. The van der Waals surface area contributed by atoms with Crippen LogP contribution in [0.1, 0.15) is 21.7 Å². The summed E-state index contributed by atoms with van der Waals surface area (Å²) < 4.78 is 0. The molecule has 17 heavy (non-hydrogen) atoms. The van der Waals surface area contributed by atoms with Crippen LogP contribution < -0.4 is 0 Å². The summed E-state index contributed by atoms with van der Waals surface area (Å²) >= 11 is 7.34. The summed E-state index contributed by atoms with van der Waals surface area (Å²) in [7, 11) is 0. The van der Waals surface area contributed by atoms with Crippen molar-refractivity contribution in [1.29, 1.82) is 0 Å². The molecule has 1 N–H and O–H groups in total. The summed E-state index contributed by atoms with van der Waals surface area (Å²) in [5, 5.41) is 11.2. The second-order valence-corrected chi connectivity index (χ2v) is 5.39. The van der Waals surface area contributed by atoms with Crippen molar-refractivity contribution in [2.24, 2.45) is 5.92 Å². The molecule has 1 atom stereocenters. The van der Waals surface area contributed by atoms with E-state index in [9.17, 15) is 9.59 Å². The van der Waals surface area contributed by atoms with Gasteiger partial charge in [-0.25, -0.2) is 0 Å². The van der Waals surface area contributed by atoms with Gasteiger partial charge in [-0.3, -0.25) is 9.59 Å². The molecule has 1 fully saturated rings. The lowest BCUT2D eigenvalue weighted by atomic mass is 10.1. The Morgan fingerprint density at radius 2 is 2.29 bits per heavy atom. The average molecular weight is 274 g/mol. The van der Waals surface area contributed by atoms with Gasteiger partial charge < -0.3 is 10.0 Å². The first-order chi connectivity index (χ1) is 8.00. The zero-order chi connectivity index (χ0) is 12.6. The molecule has 4 nitrogen and oxygen atoms in total. The van der Waals surface area contributed by atoms with Gasteiger partial charge in [0.05, 0.1) is 10.9 Å². The highest BCUT2D eigenvalue weighted by atomic mass is 35.5. The topological polar surface area (TPSA) is 57.6 Å². The number of amides is 1. The normalized spacial score (nSPS) is 19.6. The number of aliphatic carboxylic acids is 1. The van der Waals surface area contributed by atoms with Crippen molar-refractivity contribution in [2.45, 2.75) is 13.3 Å². The molecule has 1 unspecified atom stereocenters. The molecule has 0 aliphatic carbocycles. The Balaban J connectivity index is 2.12. The van der Waals surface area contributed by atoms with E-state index in [2.05, 4.69) is 0 Å². The number of nitrogens with zero attached hydrogens (tertiary/aromatic N) is 1. The summed E-state index contributed by atoms with van der Waals surface area (Å²) in [6.07, 6.45) is 0.517. The number of thiophene rings is 1. The molecule has 1 aliphatic heterocycles. The molecule has 2 heterocycles. The largest absolute Gasteiger partial charge is 0.481 e. The summed E-state index contributed by atoms with van der Waals surface area (Å²) in [5.74, 6) is -1.44. The third-order valence-corrected chi connectivity index (χ3v) is 4.60. The molecule has 1 aromatic heterocycles. The molecule has 0 bridgehead atoms. The van der Waals surface area contributed by atoms with E-state index in [1.54, 1.807) is 4.90 Å². The molecular formula is C11H12ClNO3S. The number of likely N-dealkylation sites (tertiary alicyclic amines) is 1. The molecule has 2 rings (SSSR count). The zero-order valence-corrected chi connectivity index (χ0v) is 10.8. The minimum Gasteiger partial charge on any atom is -0.481 e. The average Bonchev–Trinajstić information content (AvgIpc) is 2.87. The number of halogens is 1. The molecule has 0 radical (unpaired) electrons. The Morgan fingerprint density at radius 1 is 1.59 bits per heavy atom. The zero-order valence-electron chi connectivity index (χ0n) is 9.27. The third-order valence-electron chi connectivity index (χ3n) is 2.92. The van der Waals surface area contributed by atoms with Crippen molar-refractivity contribution in [3.8, 4) is 0 Å². The first kappa shape index (κ1) is 12.4. The first-order valence-corrected chi connectivity index (χ1v) is 6.52. The smallest absolute Gasteiger partial charge is 0.308 e. The van der Waals surface area contributed by atoms with Crippen molar-refractivity contribution < 1.29 is 14.7 Å². The molecule has 92 valence electrons. The van der Waals surface area contributed by atoms with E-state index in [1.165, 1.54) is 11.3 Å². The van der Waals surface area contributed by atoms with Gasteiger partial charge in [-0.2, -0.15) is 0 Å². The van der Waals surface area contributed by atoms with Crippen LogP contribution >= 0.6 is 22.9 Å². The molecule has 6 heteroatoms. The van der Waals surface area contributed by atoms with Crippen LogP contribution in [0.15, 0.2) is 5.38 Å². The minimum atomic E-state index is -0.839. The van der Waals surface area contributed by atoms with Crippen molar-refractivity contribution in [3.05, 3.63) is 20.8 Å². The summed E-state index contributed by atoms with van der Waals surface area (Å²) in [4.78, 5) is 25.0. The fraction of sp³-hybridized carbons (Fsp3) is 0.455. The van der Waals surface area contributed by atoms with E-state index in [0.717, 1.165) is 5.56 Å². The van der Waals surface area contributed by atoms with E-state index in [0.29, 0.717) is 22.9 Å². The first-order valence-electron chi connectivity index (χ1n) is 5.26. The maximum Gasteiger partial charge on any atom is 0.308 e.